The zero-order valence-electron chi connectivity index (χ0n) is 12.9. The Morgan fingerprint density at radius 2 is 1.90 bits per heavy atom. The predicted molar refractivity (Wildman–Crippen MR) is 80.7 cm³/mol. The predicted octanol–water partition coefficient (Wildman–Crippen LogP) is 4.02. The van der Waals surface area contributed by atoms with E-state index in [9.17, 15) is 4.79 Å². The number of hydrogen-bond acceptors (Lipinski definition) is 2. The number of nitrogens with zero attached hydrogens (tertiary/aromatic N) is 1. The van der Waals surface area contributed by atoms with Gasteiger partial charge < -0.3 is 9.64 Å². The van der Waals surface area contributed by atoms with Crippen LogP contribution in [0.5, 0.6) is 0 Å². The van der Waals surface area contributed by atoms with E-state index in [-0.39, 0.29) is 18.2 Å². The van der Waals surface area contributed by atoms with Crippen molar-refractivity contribution in [1.82, 2.24) is 4.90 Å². The van der Waals surface area contributed by atoms with E-state index in [1.165, 1.54) is 5.56 Å². The van der Waals surface area contributed by atoms with Gasteiger partial charge in [0.15, 0.2) is 0 Å². The van der Waals surface area contributed by atoms with E-state index in [4.69, 9.17) is 4.74 Å². The lowest BCUT2D eigenvalue weighted by Crippen LogP contribution is -2.44. The van der Waals surface area contributed by atoms with Crippen molar-refractivity contribution < 1.29 is 9.53 Å². The molecule has 0 spiro atoms. The minimum Gasteiger partial charge on any atom is -0.444 e. The van der Waals surface area contributed by atoms with Gasteiger partial charge in [-0.25, -0.2) is 4.79 Å². The maximum Gasteiger partial charge on any atom is 0.410 e. The summed E-state index contributed by atoms with van der Waals surface area (Å²) >= 11 is 0. The van der Waals surface area contributed by atoms with E-state index in [0.717, 1.165) is 19.3 Å². The normalized spacial score (nSPS) is 22.9. The number of amides is 1. The van der Waals surface area contributed by atoms with Crippen LogP contribution in [0, 0.1) is 0 Å². The number of carbonyl (C=O) groups is 1. The summed E-state index contributed by atoms with van der Waals surface area (Å²) in [5.41, 5.74) is 0.844. The Morgan fingerprint density at radius 3 is 2.50 bits per heavy atom. The average molecular weight is 275 g/mol. The van der Waals surface area contributed by atoms with Gasteiger partial charge in [-0.05, 0) is 52.5 Å². The molecule has 0 N–H and O–H groups in total. The van der Waals surface area contributed by atoms with Crippen LogP contribution in [0.2, 0.25) is 0 Å². The molecular weight excluding hydrogens is 250 g/mol. The number of rotatable bonds is 2. The molecule has 0 bridgehead atoms. The molecular formula is C17H25NO2. The first-order chi connectivity index (χ1) is 9.37. The lowest BCUT2D eigenvalue weighted by atomic mass is 10.0. The fourth-order valence-electron chi connectivity index (χ4n) is 2.80. The second-order valence-corrected chi connectivity index (χ2v) is 6.66. The molecule has 2 rings (SSSR count). The van der Waals surface area contributed by atoms with Crippen LogP contribution in [-0.4, -0.2) is 28.7 Å². The maximum absolute atomic E-state index is 12.4. The van der Waals surface area contributed by atoms with Gasteiger partial charge >= 0.3 is 6.09 Å². The molecule has 1 amide bonds. The Balaban J connectivity index is 2.07. The highest BCUT2D eigenvalue weighted by molar-refractivity contribution is 5.69. The summed E-state index contributed by atoms with van der Waals surface area (Å²) in [6, 6.07) is 10.9. The molecule has 1 aromatic carbocycles. The van der Waals surface area contributed by atoms with Crippen molar-refractivity contribution in [1.29, 1.82) is 0 Å². The van der Waals surface area contributed by atoms with Gasteiger partial charge in [-0.1, -0.05) is 30.3 Å². The number of ether oxygens (including phenoxy) is 1. The first-order valence-corrected chi connectivity index (χ1v) is 7.42. The van der Waals surface area contributed by atoms with E-state index in [1.54, 1.807) is 0 Å². The van der Waals surface area contributed by atoms with Crippen molar-refractivity contribution in [3.05, 3.63) is 35.9 Å². The van der Waals surface area contributed by atoms with Gasteiger partial charge in [0, 0.05) is 12.1 Å². The van der Waals surface area contributed by atoms with Crippen molar-refractivity contribution in [2.45, 2.75) is 64.6 Å². The van der Waals surface area contributed by atoms with Gasteiger partial charge in [0.05, 0.1) is 0 Å². The first-order valence-electron chi connectivity index (χ1n) is 7.42. The minimum absolute atomic E-state index is 0.177. The Hall–Kier alpha value is -1.51. The molecule has 110 valence electrons. The third kappa shape index (κ3) is 3.75. The summed E-state index contributed by atoms with van der Waals surface area (Å²) in [5.74, 6) is 0. The number of hydrogen-bond donors (Lipinski definition) is 0. The third-order valence-corrected chi connectivity index (χ3v) is 3.70. The molecule has 1 heterocycles. The molecule has 1 aliphatic heterocycles. The van der Waals surface area contributed by atoms with Crippen molar-refractivity contribution in [2.75, 3.05) is 0 Å². The van der Waals surface area contributed by atoms with Crippen LogP contribution in [-0.2, 0) is 11.2 Å². The zero-order chi connectivity index (χ0) is 14.8. The summed E-state index contributed by atoms with van der Waals surface area (Å²) in [6.45, 7) is 7.85. The molecule has 1 aliphatic rings. The summed E-state index contributed by atoms with van der Waals surface area (Å²) in [5, 5.41) is 0. The first kappa shape index (κ1) is 14.9. The quantitative estimate of drug-likeness (QED) is 0.816. The second-order valence-electron chi connectivity index (χ2n) is 6.66. The smallest absolute Gasteiger partial charge is 0.410 e. The van der Waals surface area contributed by atoms with E-state index in [2.05, 4.69) is 19.1 Å². The lowest BCUT2D eigenvalue weighted by Gasteiger charge is -2.31. The molecule has 3 heteroatoms. The van der Waals surface area contributed by atoms with Crippen molar-refractivity contribution in [2.24, 2.45) is 0 Å². The van der Waals surface area contributed by atoms with Gasteiger partial charge in [-0.15, -0.1) is 0 Å². The van der Waals surface area contributed by atoms with E-state index in [0.29, 0.717) is 0 Å². The molecule has 20 heavy (non-hydrogen) atoms. The average Bonchev–Trinajstić information content (AvgIpc) is 2.69. The van der Waals surface area contributed by atoms with Crippen LogP contribution in [0.1, 0.15) is 46.1 Å². The lowest BCUT2D eigenvalue weighted by molar-refractivity contribution is 0.0161. The van der Waals surface area contributed by atoms with Gasteiger partial charge in [-0.2, -0.15) is 0 Å². The number of carbonyl (C=O) groups excluding carboxylic acids is 1. The highest BCUT2D eigenvalue weighted by Gasteiger charge is 2.36. The summed E-state index contributed by atoms with van der Waals surface area (Å²) in [6.07, 6.45) is 2.83. The molecule has 0 saturated carbocycles. The maximum atomic E-state index is 12.4. The van der Waals surface area contributed by atoms with E-state index < -0.39 is 5.60 Å². The summed E-state index contributed by atoms with van der Waals surface area (Å²) in [7, 11) is 0. The monoisotopic (exact) mass is 275 g/mol. The van der Waals surface area contributed by atoms with E-state index >= 15 is 0 Å². The second kappa shape index (κ2) is 5.86. The molecule has 1 aromatic rings. The van der Waals surface area contributed by atoms with Gasteiger partial charge in [-0.3, -0.25) is 0 Å². The minimum atomic E-state index is -0.434. The van der Waals surface area contributed by atoms with Crippen LogP contribution in [0.4, 0.5) is 4.79 Å². The highest BCUT2D eigenvalue weighted by Crippen LogP contribution is 2.28. The van der Waals surface area contributed by atoms with Crippen molar-refractivity contribution >= 4 is 6.09 Å². The molecule has 2 atom stereocenters. The van der Waals surface area contributed by atoms with Crippen LogP contribution in [0.25, 0.3) is 0 Å². The number of likely N-dealkylation sites (tertiary alicyclic amines) is 1. The molecule has 1 saturated heterocycles. The third-order valence-electron chi connectivity index (χ3n) is 3.70. The van der Waals surface area contributed by atoms with Crippen LogP contribution in [0.15, 0.2) is 30.3 Å². The SMILES string of the molecule is CC1CCC(Cc2ccccc2)N1C(=O)OC(C)(C)C. The Bertz CT molecular complexity index is 450. The van der Waals surface area contributed by atoms with Gasteiger partial charge in [0.2, 0.25) is 0 Å². The van der Waals surface area contributed by atoms with Crippen molar-refractivity contribution in [3.63, 3.8) is 0 Å². The topological polar surface area (TPSA) is 29.5 Å². The fraction of sp³-hybridized carbons (Fsp3) is 0.588. The molecule has 2 unspecified atom stereocenters. The van der Waals surface area contributed by atoms with Crippen LogP contribution >= 0.6 is 0 Å². The molecule has 3 nitrogen and oxygen atoms in total. The standard InChI is InChI=1S/C17H25NO2/c1-13-10-11-15(12-14-8-6-5-7-9-14)18(13)16(19)20-17(2,3)4/h5-9,13,15H,10-12H2,1-4H3. The molecule has 0 radical (unpaired) electrons. The fourth-order valence-corrected chi connectivity index (χ4v) is 2.80. The molecule has 1 fully saturated rings. The van der Waals surface area contributed by atoms with Gasteiger partial charge in [0.25, 0.3) is 0 Å². The highest BCUT2D eigenvalue weighted by atomic mass is 16.6. The molecule has 0 aliphatic carbocycles. The summed E-state index contributed by atoms with van der Waals surface area (Å²) in [4.78, 5) is 14.3. The Labute approximate surface area is 121 Å². The van der Waals surface area contributed by atoms with Crippen LogP contribution in [0.3, 0.4) is 0 Å². The number of benzene rings is 1. The largest absolute Gasteiger partial charge is 0.444 e. The van der Waals surface area contributed by atoms with Crippen LogP contribution < -0.4 is 0 Å². The Kier molecular flexibility index (Phi) is 4.36. The van der Waals surface area contributed by atoms with Crippen molar-refractivity contribution in [3.8, 4) is 0 Å². The van der Waals surface area contributed by atoms with Gasteiger partial charge in [0.1, 0.15) is 5.60 Å². The molecule has 0 aromatic heterocycles. The van der Waals surface area contributed by atoms with E-state index in [1.807, 2.05) is 43.9 Å². The zero-order valence-corrected chi connectivity index (χ0v) is 12.9. The summed E-state index contributed by atoms with van der Waals surface area (Å²) < 4.78 is 5.55. The Morgan fingerprint density at radius 1 is 1.25 bits per heavy atom.